The summed E-state index contributed by atoms with van der Waals surface area (Å²) in [5, 5.41) is -1.03. The molecule has 0 bridgehead atoms. The van der Waals surface area contributed by atoms with Gasteiger partial charge in [-0.05, 0) is 17.7 Å². The van der Waals surface area contributed by atoms with Crippen molar-refractivity contribution in [2.24, 2.45) is 5.73 Å². The van der Waals surface area contributed by atoms with E-state index in [1.165, 1.54) is 6.07 Å². The molecule has 0 radical (unpaired) electrons. The highest BCUT2D eigenvalue weighted by Gasteiger charge is 2.35. The van der Waals surface area contributed by atoms with Crippen LogP contribution < -0.4 is 5.73 Å². The largest absolute Gasteiger partial charge is 0.443 e. The number of nitrogens with zero attached hydrogens (tertiary/aromatic N) is 1. The quantitative estimate of drug-likeness (QED) is 0.861. The minimum absolute atomic E-state index is 0.123. The van der Waals surface area contributed by atoms with Crippen molar-refractivity contribution in [3.63, 3.8) is 0 Å². The Bertz CT molecular complexity index is 593. The highest BCUT2D eigenvalue weighted by molar-refractivity contribution is 7.11. The summed E-state index contributed by atoms with van der Waals surface area (Å²) in [5.74, 6) is -2.15. The van der Waals surface area contributed by atoms with E-state index in [0.717, 1.165) is 18.3 Å². The molecule has 19 heavy (non-hydrogen) atoms. The van der Waals surface area contributed by atoms with Crippen LogP contribution in [-0.2, 0) is 6.18 Å². The molecule has 0 spiro atoms. The summed E-state index contributed by atoms with van der Waals surface area (Å²) in [6.07, 6.45) is -3.56. The number of rotatable bonds is 2. The van der Waals surface area contributed by atoms with Gasteiger partial charge in [0.25, 0.3) is 0 Å². The van der Waals surface area contributed by atoms with E-state index < -0.39 is 28.9 Å². The maximum absolute atomic E-state index is 13.0. The monoisotopic (exact) mass is 294 g/mol. The SMILES string of the molecule is NC(c1ccc(F)c(F)c1)c1cnc(C(F)(F)F)s1. The third kappa shape index (κ3) is 2.90. The van der Waals surface area contributed by atoms with Gasteiger partial charge < -0.3 is 5.73 Å². The Balaban J connectivity index is 2.31. The van der Waals surface area contributed by atoms with Crippen LogP contribution in [-0.4, -0.2) is 4.98 Å². The third-order valence-electron chi connectivity index (χ3n) is 2.38. The first-order valence-electron chi connectivity index (χ1n) is 5.02. The maximum atomic E-state index is 13.0. The molecule has 0 fully saturated rings. The van der Waals surface area contributed by atoms with Gasteiger partial charge in [0.15, 0.2) is 16.6 Å². The molecule has 2 N–H and O–H groups in total. The Morgan fingerprint density at radius 1 is 1.16 bits per heavy atom. The number of nitrogens with two attached hydrogens (primary N) is 1. The van der Waals surface area contributed by atoms with Crippen LogP contribution in [0.15, 0.2) is 24.4 Å². The molecule has 2 aromatic rings. The van der Waals surface area contributed by atoms with Gasteiger partial charge in [0.2, 0.25) is 0 Å². The molecule has 1 unspecified atom stereocenters. The molecule has 2 nitrogen and oxygen atoms in total. The van der Waals surface area contributed by atoms with Crippen LogP contribution in [0.1, 0.15) is 21.5 Å². The zero-order valence-corrected chi connectivity index (χ0v) is 10.0. The molecule has 1 aromatic heterocycles. The maximum Gasteiger partial charge on any atom is 0.443 e. The second-order valence-electron chi connectivity index (χ2n) is 3.72. The summed E-state index contributed by atoms with van der Waals surface area (Å²) >= 11 is 0.376. The first kappa shape index (κ1) is 13.9. The van der Waals surface area contributed by atoms with Gasteiger partial charge in [-0.1, -0.05) is 6.07 Å². The normalized spacial score (nSPS) is 13.6. The smallest absolute Gasteiger partial charge is 0.320 e. The molecule has 0 aliphatic carbocycles. The van der Waals surface area contributed by atoms with Gasteiger partial charge in [-0.15, -0.1) is 11.3 Å². The first-order valence-corrected chi connectivity index (χ1v) is 5.84. The summed E-state index contributed by atoms with van der Waals surface area (Å²) in [7, 11) is 0. The van der Waals surface area contributed by atoms with Gasteiger partial charge in [-0.3, -0.25) is 0 Å². The number of benzene rings is 1. The molecular weight excluding hydrogens is 287 g/mol. The van der Waals surface area contributed by atoms with E-state index in [1.807, 2.05) is 0 Å². The standard InChI is InChI=1S/C11H7F5N2S/c12-6-2-1-5(3-7(6)13)9(17)8-4-18-10(19-8)11(14,15)16/h1-4,9H,17H2. The molecule has 0 saturated carbocycles. The fourth-order valence-corrected chi connectivity index (χ4v) is 2.24. The van der Waals surface area contributed by atoms with E-state index in [-0.39, 0.29) is 10.4 Å². The molecule has 8 heteroatoms. The molecule has 2 rings (SSSR count). The summed E-state index contributed by atoms with van der Waals surface area (Å²) in [5.41, 5.74) is 5.88. The fourth-order valence-electron chi connectivity index (χ4n) is 1.43. The lowest BCUT2D eigenvalue weighted by atomic mass is 10.1. The Kier molecular flexibility index (Phi) is 3.55. The third-order valence-corrected chi connectivity index (χ3v) is 3.50. The number of hydrogen-bond acceptors (Lipinski definition) is 3. The average molecular weight is 294 g/mol. The Morgan fingerprint density at radius 3 is 2.37 bits per heavy atom. The number of thiazole rings is 1. The van der Waals surface area contributed by atoms with E-state index in [9.17, 15) is 22.0 Å². The number of alkyl halides is 3. The highest BCUT2D eigenvalue weighted by atomic mass is 32.1. The van der Waals surface area contributed by atoms with Crippen LogP contribution in [0.4, 0.5) is 22.0 Å². The topological polar surface area (TPSA) is 38.9 Å². The molecule has 0 amide bonds. The van der Waals surface area contributed by atoms with Crippen LogP contribution in [0.3, 0.4) is 0 Å². The minimum atomic E-state index is -4.54. The molecular formula is C11H7F5N2S. The Morgan fingerprint density at radius 2 is 1.84 bits per heavy atom. The molecule has 1 atom stereocenters. The van der Waals surface area contributed by atoms with Crippen molar-refractivity contribution < 1.29 is 22.0 Å². The van der Waals surface area contributed by atoms with Crippen molar-refractivity contribution in [2.75, 3.05) is 0 Å². The molecule has 0 aliphatic rings. The van der Waals surface area contributed by atoms with Crippen LogP contribution >= 0.6 is 11.3 Å². The Hall–Kier alpha value is -1.54. The van der Waals surface area contributed by atoms with E-state index in [2.05, 4.69) is 4.98 Å². The lowest BCUT2D eigenvalue weighted by Crippen LogP contribution is -2.10. The Labute approximate surface area is 108 Å². The van der Waals surface area contributed by atoms with Crippen LogP contribution in [0.25, 0.3) is 0 Å². The van der Waals surface area contributed by atoms with Gasteiger partial charge in [0.1, 0.15) is 0 Å². The predicted octanol–water partition coefficient (Wildman–Crippen LogP) is 3.49. The van der Waals surface area contributed by atoms with Crippen LogP contribution in [0, 0.1) is 11.6 Å². The summed E-state index contributed by atoms with van der Waals surface area (Å²) in [6.45, 7) is 0. The van der Waals surface area contributed by atoms with Gasteiger partial charge >= 0.3 is 6.18 Å². The van der Waals surface area contributed by atoms with Crippen LogP contribution in [0.2, 0.25) is 0 Å². The number of hydrogen-bond donors (Lipinski definition) is 1. The highest BCUT2D eigenvalue weighted by Crippen LogP contribution is 2.35. The molecule has 1 aromatic carbocycles. The van der Waals surface area contributed by atoms with Gasteiger partial charge in [0.05, 0.1) is 6.04 Å². The van der Waals surface area contributed by atoms with Gasteiger partial charge in [-0.25, -0.2) is 13.8 Å². The zero-order chi connectivity index (χ0) is 14.2. The fraction of sp³-hybridized carbons (Fsp3) is 0.182. The van der Waals surface area contributed by atoms with Crippen molar-refractivity contribution in [3.05, 3.63) is 51.5 Å². The summed E-state index contributed by atoms with van der Waals surface area (Å²) in [6, 6.07) is 1.96. The minimum Gasteiger partial charge on any atom is -0.320 e. The second-order valence-corrected chi connectivity index (χ2v) is 4.78. The first-order chi connectivity index (χ1) is 8.79. The van der Waals surface area contributed by atoms with Crippen LogP contribution in [0.5, 0.6) is 0 Å². The van der Waals surface area contributed by atoms with Gasteiger partial charge in [0, 0.05) is 11.1 Å². The van der Waals surface area contributed by atoms with E-state index in [4.69, 9.17) is 5.73 Å². The van der Waals surface area contributed by atoms with Crippen molar-refractivity contribution in [2.45, 2.75) is 12.2 Å². The van der Waals surface area contributed by atoms with E-state index >= 15 is 0 Å². The van der Waals surface area contributed by atoms with E-state index in [0.29, 0.717) is 11.3 Å². The second kappa shape index (κ2) is 4.86. The molecule has 0 aliphatic heterocycles. The lowest BCUT2D eigenvalue weighted by Gasteiger charge is -2.09. The van der Waals surface area contributed by atoms with Crippen molar-refractivity contribution in [1.29, 1.82) is 0 Å². The van der Waals surface area contributed by atoms with Crippen molar-refractivity contribution >= 4 is 11.3 Å². The summed E-state index contributed by atoms with van der Waals surface area (Å²) in [4.78, 5) is 3.34. The molecule has 1 heterocycles. The zero-order valence-electron chi connectivity index (χ0n) is 9.21. The van der Waals surface area contributed by atoms with Gasteiger partial charge in [-0.2, -0.15) is 13.2 Å². The average Bonchev–Trinajstić information content (AvgIpc) is 2.81. The predicted molar refractivity (Wildman–Crippen MR) is 59.5 cm³/mol. The summed E-state index contributed by atoms with van der Waals surface area (Å²) < 4.78 is 62.9. The molecule has 102 valence electrons. The molecule has 0 saturated heterocycles. The number of aromatic nitrogens is 1. The number of halogens is 5. The van der Waals surface area contributed by atoms with Crippen molar-refractivity contribution in [3.8, 4) is 0 Å². The van der Waals surface area contributed by atoms with E-state index in [1.54, 1.807) is 0 Å². The lowest BCUT2D eigenvalue weighted by molar-refractivity contribution is -0.137. The van der Waals surface area contributed by atoms with Crippen molar-refractivity contribution in [1.82, 2.24) is 4.98 Å².